The van der Waals surface area contributed by atoms with Crippen LogP contribution >= 0.6 is 0 Å². The summed E-state index contributed by atoms with van der Waals surface area (Å²) in [5.74, 6) is 0.400. The fourth-order valence-electron chi connectivity index (χ4n) is 4.32. The van der Waals surface area contributed by atoms with Gasteiger partial charge in [0.1, 0.15) is 12.4 Å². The van der Waals surface area contributed by atoms with Crippen molar-refractivity contribution >= 4 is 21.6 Å². The van der Waals surface area contributed by atoms with Crippen LogP contribution in [0.25, 0.3) is 11.3 Å². The predicted octanol–water partition coefficient (Wildman–Crippen LogP) is 3.41. The van der Waals surface area contributed by atoms with Gasteiger partial charge in [0, 0.05) is 37.0 Å². The first-order chi connectivity index (χ1) is 15.4. The molecule has 0 spiro atoms. The molecule has 3 heterocycles. The zero-order chi connectivity index (χ0) is 22.3. The topological polar surface area (TPSA) is 93.5 Å². The third kappa shape index (κ3) is 3.57. The van der Waals surface area contributed by atoms with Gasteiger partial charge in [0.05, 0.1) is 10.6 Å². The predicted molar refractivity (Wildman–Crippen MR) is 120 cm³/mol. The number of benzene rings is 2. The monoisotopic (exact) mass is 452 g/mol. The summed E-state index contributed by atoms with van der Waals surface area (Å²) < 4.78 is 34.7. The van der Waals surface area contributed by atoms with Gasteiger partial charge < -0.3 is 10.1 Å². The van der Waals surface area contributed by atoms with Crippen LogP contribution in [-0.4, -0.2) is 41.5 Å². The minimum atomic E-state index is -3.51. The van der Waals surface area contributed by atoms with Crippen LogP contribution in [0.1, 0.15) is 35.3 Å². The molecule has 1 N–H and O–H groups in total. The Labute approximate surface area is 186 Å². The highest BCUT2D eigenvalue weighted by atomic mass is 32.2. The standard InChI is InChI=1S/C23H24N4O4S/c1-26-22-18-7-3-4-8-20(18)31-15-19(22)21(25-26)23(28)24-16-9-11-17(12-10-16)32(29,30)27-13-5-2-6-14-27/h3-4,7-12H,2,5-6,13-15H2,1H3,(H,24,28). The summed E-state index contributed by atoms with van der Waals surface area (Å²) in [4.78, 5) is 13.2. The zero-order valence-corrected chi connectivity index (χ0v) is 18.6. The van der Waals surface area contributed by atoms with Crippen molar-refractivity contribution in [2.75, 3.05) is 18.4 Å². The van der Waals surface area contributed by atoms with E-state index >= 15 is 0 Å². The SMILES string of the molecule is Cn1nc(C(=O)Nc2ccc(S(=O)(=O)N3CCCCC3)cc2)c2c1-c1ccccc1OC2. The van der Waals surface area contributed by atoms with E-state index < -0.39 is 10.0 Å². The minimum Gasteiger partial charge on any atom is -0.488 e. The van der Waals surface area contributed by atoms with Gasteiger partial charge in [-0.05, 0) is 49.2 Å². The number of nitrogens with one attached hydrogen (secondary N) is 1. The van der Waals surface area contributed by atoms with Crippen molar-refractivity contribution < 1.29 is 17.9 Å². The molecular weight excluding hydrogens is 428 g/mol. The maximum atomic E-state index is 13.0. The Balaban J connectivity index is 1.37. The lowest BCUT2D eigenvalue weighted by atomic mass is 10.0. The van der Waals surface area contributed by atoms with Crippen LogP contribution in [0.4, 0.5) is 5.69 Å². The molecule has 1 aromatic heterocycles. The molecule has 0 atom stereocenters. The second-order valence-corrected chi connectivity index (χ2v) is 9.97. The molecule has 166 valence electrons. The quantitative estimate of drug-likeness (QED) is 0.655. The number of aromatic nitrogens is 2. The molecular formula is C23H24N4O4S. The van der Waals surface area contributed by atoms with Crippen LogP contribution in [0, 0.1) is 0 Å². The molecule has 32 heavy (non-hydrogen) atoms. The number of aryl methyl sites for hydroxylation is 1. The zero-order valence-electron chi connectivity index (χ0n) is 17.7. The lowest BCUT2D eigenvalue weighted by molar-refractivity contribution is 0.101. The number of piperidine rings is 1. The molecule has 5 rings (SSSR count). The Kier molecular flexibility index (Phi) is 5.22. The molecule has 0 radical (unpaired) electrons. The Morgan fingerprint density at radius 2 is 1.75 bits per heavy atom. The average Bonchev–Trinajstić information content (AvgIpc) is 3.17. The Morgan fingerprint density at radius 3 is 2.50 bits per heavy atom. The second-order valence-electron chi connectivity index (χ2n) is 8.03. The molecule has 2 aromatic carbocycles. The van der Waals surface area contributed by atoms with E-state index in [0.29, 0.717) is 24.5 Å². The van der Waals surface area contributed by atoms with Gasteiger partial charge in [-0.25, -0.2) is 8.42 Å². The van der Waals surface area contributed by atoms with Crippen LogP contribution < -0.4 is 10.1 Å². The van der Waals surface area contributed by atoms with E-state index in [9.17, 15) is 13.2 Å². The molecule has 0 saturated carbocycles. The van der Waals surface area contributed by atoms with Gasteiger partial charge in [-0.1, -0.05) is 18.6 Å². The van der Waals surface area contributed by atoms with Gasteiger partial charge in [0.15, 0.2) is 5.69 Å². The maximum Gasteiger partial charge on any atom is 0.276 e. The van der Waals surface area contributed by atoms with Crippen molar-refractivity contribution in [3.8, 4) is 17.0 Å². The highest BCUT2D eigenvalue weighted by molar-refractivity contribution is 7.89. The van der Waals surface area contributed by atoms with Crippen molar-refractivity contribution in [3.05, 3.63) is 59.8 Å². The summed E-state index contributed by atoms with van der Waals surface area (Å²) in [6.45, 7) is 1.36. The van der Waals surface area contributed by atoms with Crippen LogP contribution in [0.15, 0.2) is 53.4 Å². The number of carbonyl (C=O) groups excluding carboxylic acids is 1. The number of hydrogen-bond acceptors (Lipinski definition) is 5. The Hall–Kier alpha value is -3.17. The fraction of sp³-hybridized carbons (Fsp3) is 0.304. The molecule has 0 unspecified atom stereocenters. The molecule has 0 aliphatic carbocycles. The van der Waals surface area contributed by atoms with Gasteiger partial charge >= 0.3 is 0 Å². The number of anilines is 1. The van der Waals surface area contributed by atoms with Crippen molar-refractivity contribution in [1.29, 1.82) is 0 Å². The maximum absolute atomic E-state index is 13.0. The summed E-state index contributed by atoms with van der Waals surface area (Å²) in [5.41, 5.74) is 3.29. The van der Waals surface area contributed by atoms with Crippen molar-refractivity contribution in [2.45, 2.75) is 30.8 Å². The molecule has 1 saturated heterocycles. The van der Waals surface area contributed by atoms with E-state index in [2.05, 4.69) is 10.4 Å². The van der Waals surface area contributed by atoms with E-state index in [0.717, 1.165) is 41.8 Å². The number of sulfonamides is 1. The van der Waals surface area contributed by atoms with E-state index in [1.165, 1.54) is 16.4 Å². The van der Waals surface area contributed by atoms with Crippen molar-refractivity contribution in [2.24, 2.45) is 7.05 Å². The van der Waals surface area contributed by atoms with Crippen LogP contribution in [0.2, 0.25) is 0 Å². The van der Waals surface area contributed by atoms with Crippen LogP contribution in [-0.2, 0) is 23.7 Å². The molecule has 3 aromatic rings. The molecule has 2 aliphatic rings. The number of hydrogen-bond donors (Lipinski definition) is 1. The second kappa shape index (κ2) is 8.07. The highest BCUT2D eigenvalue weighted by Gasteiger charge is 2.29. The van der Waals surface area contributed by atoms with Crippen LogP contribution in [0.5, 0.6) is 5.75 Å². The van der Waals surface area contributed by atoms with E-state index in [4.69, 9.17) is 4.74 Å². The summed E-state index contributed by atoms with van der Waals surface area (Å²) in [6, 6.07) is 13.9. The fourth-order valence-corrected chi connectivity index (χ4v) is 5.83. The third-order valence-corrected chi connectivity index (χ3v) is 7.85. The Morgan fingerprint density at radius 1 is 1.03 bits per heavy atom. The lowest BCUT2D eigenvalue weighted by Crippen LogP contribution is -2.35. The summed E-state index contributed by atoms with van der Waals surface area (Å²) in [5, 5.41) is 7.25. The van der Waals surface area contributed by atoms with Crippen molar-refractivity contribution in [1.82, 2.24) is 14.1 Å². The molecule has 0 bridgehead atoms. The van der Waals surface area contributed by atoms with E-state index in [1.54, 1.807) is 23.9 Å². The summed E-state index contributed by atoms with van der Waals surface area (Å²) >= 11 is 0. The molecule has 1 amide bonds. The molecule has 2 aliphatic heterocycles. The lowest BCUT2D eigenvalue weighted by Gasteiger charge is -2.25. The van der Waals surface area contributed by atoms with Gasteiger partial charge in [0.2, 0.25) is 10.0 Å². The number of para-hydroxylation sites is 1. The minimum absolute atomic E-state index is 0.234. The molecule has 9 heteroatoms. The first-order valence-electron chi connectivity index (χ1n) is 10.6. The normalized spacial score (nSPS) is 16.0. The largest absolute Gasteiger partial charge is 0.488 e. The van der Waals surface area contributed by atoms with E-state index in [-0.39, 0.29) is 17.4 Å². The number of rotatable bonds is 4. The van der Waals surface area contributed by atoms with Gasteiger partial charge in [-0.15, -0.1) is 0 Å². The van der Waals surface area contributed by atoms with Crippen LogP contribution in [0.3, 0.4) is 0 Å². The van der Waals surface area contributed by atoms with E-state index in [1.807, 2.05) is 24.3 Å². The highest BCUT2D eigenvalue weighted by Crippen LogP contribution is 2.38. The van der Waals surface area contributed by atoms with Gasteiger partial charge in [0.25, 0.3) is 5.91 Å². The number of nitrogens with zero attached hydrogens (tertiary/aromatic N) is 3. The smallest absolute Gasteiger partial charge is 0.276 e. The number of amides is 1. The summed E-state index contributed by atoms with van der Waals surface area (Å²) in [7, 11) is -1.70. The molecule has 8 nitrogen and oxygen atoms in total. The third-order valence-electron chi connectivity index (χ3n) is 5.94. The number of fused-ring (bicyclic) bond motifs is 3. The first kappa shape index (κ1) is 20.7. The van der Waals surface area contributed by atoms with Gasteiger partial charge in [-0.3, -0.25) is 9.48 Å². The first-order valence-corrected chi connectivity index (χ1v) is 12.1. The Bertz CT molecular complexity index is 1280. The number of ether oxygens (including phenoxy) is 1. The van der Waals surface area contributed by atoms with Crippen molar-refractivity contribution in [3.63, 3.8) is 0 Å². The molecule has 1 fully saturated rings. The summed E-state index contributed by atoms with van der Waals surface area (Å²) in [6.07, 6.45) is 2.83. The van der Waals surface area contributed by atoms with Gasteiger partial charge in [-0.2, -0.15) is 9.40 Å². The average molecular weight is 453 g/mol. The number of carbonyl (C=O) groups is 1.